The summed E-state index contributed by atoms with van der Waals surface area (Å²) in [5.41, 5.74) is 0. The molecule has 0 fully saturated rings. The van der Waals surface area contributed by atoms with E-state index in [9.17, 15) is 0 Å². The van der Waals surface area contributed by atoms with Gasteiger partial charge in [0.25, 0.3) is 0 Å². The van der Waals surface area contributed by atoms with Gasteiger partial charge >= 0.3 is 0 Å². The Balaban J connectivity index is 3.11. The van der Waals surface area contributed by atoms with Crippen LogP contribution in [0.25, 0.3) is 0 Å². The first-order chi connectivity index (χ1) is 6.31. The zero-order chi connectivity index (χ0) is 9.94. The van der Waals surface area contributed by atoms with E-state index in [1.54, 1.807) is 0 Å². The quantitative estimate of drug-likeness (QED) is 0.376. The van der Waals surface area contributed by atoms with Gasteiger partial charge < -0.3 is 0 Å². The molecule has 1 heteroatoms. The number of unbranched alkanes of at least 4 members (excludes halogenated alkanes) is 5. The molecule has 0 aromatic rings. The van der Waals surface area contributed by atoms with Crippen molar-refractivity contribution in [3.63, 3.8) is 0 Å². The lowest BCUT2D eigenvalue weighted by molar-refractivity contribution is 0.676. The smallest absolute Gasteiger partial charge is 0.00715 e. The molecule has 0 aliphatic rings. The molecule has 13 heavy (non-hydrogen) atoms. The van der Waals surface area contributed by atoms with E-state index in [2.05, 4.69) is 13.8 Å². The van der Waals surface area contributed by atoms with Crippen LogP contribution in [0.2, 0.25) is 0 Å². The second-order valence-electron chi connectivity index (χ2n) is 3.81. The zero-order valence-corrected chi connectivity index (χ0v) is 10.1. The van der Waals surface area contributed by atoms with Crippen LogP contribution < -0.4 is 0 Å². The Hall–Kier alpha value is 0.0900. The molecule has 0 aliphatic heterocycles. The monoisotopic (exact) mass is 200 g/mol. The summed E-state index contributed by atoms with van der Waals surface area (Å²) in [4.78, 5) is 1.31. The van der Waals surface area contributed by atoms with Gasteiger partial charge in [-0.1, -0.05) is 58.2 Å². The number of thiocarbonyl (C=S) groups is 1. The zero-order valence-electron chi connectivity index (χ0n) is 9.27. The van der Waals surface area contributed by atoms with Crippen molar-refractivity contribution in [3.8, 4) is 0 Å². The summed E-state index contributed by atoms with van der Waals surface area (Å²) >= 11 is 5.32. The summed E-state index contributed by atoms with van der Waals surface area (Å²) in [7, 11) is 0. The molecule has 0 aromatic heterocycles. The van der Waals surface area contributed by atoms with Gasteiger partial charge in [-0.15, -0.1) is 0 Å². The van der Waals surface area contributed by atoms with Crippen LogP contribution in [0.1, 0.15) is 71.6 Å². The van der Waals surface area contributed by atoms with Crippen molar-refractivity contribution in [1.82, 2.24) is 0 Å². The molecule has 0 amide bonds. The molecule has 0 rings (SSSR count). The van der Waals surface area contributed by atoms with E-state index in [1.807, 2.05) is 0 Å². The summed E-state index contributed by atoms with van der Waals surface area (Å²) in [6, 6.07) is 0. The molecule has 0 unspecified atom stereocenters. The van der Waals surface area contributed by atoms with E-state index in [1.165, 1.54) is 62.7 Å². The Labute approximate surface area is 89.1 Å². The lowest BCUT2D eigenvalue weighted by Crippen LogP contribution is -1.94. The summed E-state index contributed by atoms with van der Waals surface area (Å²) in [5, 5.41) is 0. The van der Waals surface area contributed by atoms with Gasteiger partial charge in [-0.3, -0.25) is 0 Å². The molecule has 0 saturated carbocycles. The normalized spacial score (nSPS) is 10.3. The maximum Gasteiger partial charge on any atom is -0.00715 e. The van der Waals surface area contributed by atoms with Gasteiger partial charge in [-0.25, -0.2) is 0 Å². The van der Waals surface area contributed by atoms with Crippen molar-refractivity contribution < 1.29 is 0 Å². The van der Waals surface area contributed by atoms with Crippen LogP contribution in [-0.4, -0.2) is 4.86 Å². The highest BCUT2D eigenvalue weighted by atomic mass is 32.1. The summed E-state index contributed by atoms with van der Waals surface area (Å²) in [6.07, 6.45) is 11.7. The van der Waals surface area contributed by atoms with E-state index in [-0.39, 0.29) is 0 Å². The Morgan fingerprint density at radius 3 is 1.77 bits per heavy atom. The third kappa shape index (κ3) is 10.0. The molecule has 0 saturated heterocycles. The largest absolute Gasteiger partial charge is 0.0897 e. The van der Waals surface area contributed by atoms with Crippen molar-refractivity contribution in [2.45, 2.75) is 71.6 Å². The van der Waals surface area contributed by atoms with E-state index in [0.717, 1.165) is 0 Å². The van der Waals surface area contributed by atoms with Crippen LogP contribution in [0.5, 0.6) is 0 Å². The fourth-order valence-corrected chi connectivity index (χ4v) is 1.73. The first-order valence-corrected chi connectivity index (χ1v) is 6.23. The fraction of sp³-hybridized carbons (Fsp3) is 0.917. The fourth-order valence-electron chi connectivity index (χ4n) is 1.45. The van der Waals surface area contributed by atoms with Crippen LogP contribution in [0.15, 0.2) is 0 Å². The maximum atomic E-state index is 5.32. The average Bonchev–Trinajstić information content (AvgIpc) is 2.13. The average molecular weight is 200 g/mol. The van der Waals surface area contributed by atoms with Crippen LogP contribution in [0.4, 0.5) is 0 Å². The number of hydrogen-bond acceptors (Lipinski definition) is 1. The van der Waals surface area contributed by atoms with Crippen LogP contribution in [-0.2, 0) is 0 Å². The van der Waals surface area contributed by atoms with Crippen molar-refractivity contribution in [3.05, 3.63) is 0 Å². The molecular weight excluding hydrogens is 176 g/mol. The van der Waals surface area contributed by atoms with E-state index >= 15 is 0 Å². The third-order valence-electron chi connectivity index (χ3n) is 2.37. The lowest BCUT2D eigenvalue weighted by atomic mass is 10.1. The van der Waals surface area contributed by atoms with Gasteiger partial charge in [0.2, 0.25) is 0 Å². The molecule has 0 bridgehead atoms. The third-order valence-corrected chi connectivity index (χ3v) is 2.78. The molecule has 0 atom stereocenters. The van der Waals surface area contributed by atoms with Gasteiger partial charge in [0.1, 0.15) is 0 Å². The van der Waals surface area contributed by atoms with Crippen LogP contribution >= 0.6 is 12.2 Å². The molecule has 78 valence electrons. The highest BCUT2D eigenvalue weighted by Crippen LogP contribution is 2.08. The minimum Gasteiger partial charge on any atom is -0.0897 e. The SMILES string of the molecule is CCCCCCC(=S)CCCCC. The summed E-state index contributed by atoms with van der Waals surface area (Å²) in [6.45, 7) is 4.49. The van der Waals surface area contributed by atoms with Crippen molar-refractivity contribution in [1.29, 1.82) is 0 Å². The van der Waals surface area contributed by atoms with Gasteiger partial charge in [0.05, 0.1) is 0 Å². The predicted molar refractivity (Wildman–Crippen MR) is 65.5 cm³/mol. The number of hydrogen-bond donors (Lipinski definition) is 0. The van der Waals surface area contributed by atoms with Gasteiger partial charge in [0, 0.05) is 0 Å². The molecular formula is C12H24S. The molecule has 0 nitrogen and oxygen atoms in total. The molecule has 0 heterocycles. The first kappa shape index (κ1) is 13.1. The van der Waals surface area contributed by atoms with E-state index in [4.69, 9.17) is 12.2 Å². The molecule has 0 N–H and O–H groups in total. The Morgan fingerprint density at radius 2 is 1.23 bits per heavy atom. The van der Waals surface area contributed by atoms with E-state index in [0.29, 0.717) is 0 Å². The topological polar surface area (TPSA) is 0 Å². The van der Waals surface area contributed by atoms with Crippen molar-refractivity contribution >= 4 is 17.1 Å². The molecule has 0 aromatic carbocycles. The second kappa shape index (κ2) is 10.2. The maximum absolute atomic E-state index is 5.32. The lowest BCUT2D eigenvalue weighted by Gasteiger charge is -2.02. The Morgan fingerprint density at radius 1 is 0.769 bits per heavy atom. The van der Waals surface area contributed by atoms with Crippen molar-refractivity contribution in [2.75, 3.05) is 0 Å². The van der Waals surface area contributed by atoms with Gasteiger partial charge in [-0.2, -0.15) is 0 Å². The highest BCUT2D eigenvalue weighted by molar-refractivity contribution is 7.80. The summed E-state index contributed by atoms with van der Waals surface area (Å²) in [5.74, 6) is 0. The van der Waals surface area contributed by atoms with Crippen molar-refractivity contribution in [2.24, 2.45) is 0 Å². The van der Waals surface area contributed by atoms with Gasteiger partial charge in [-0.05, 0) is 30.5 Å². The minimum absolute atomic E-state index is 1.19. The van der Waals surface area contributed by atoms with Gasteiger partial charge in [0.15, 0.2) is 0 Å². The predicted octanol–water partition coefficient (Wildman–Crippen LogP) is 4.91. The summed E-state index contributed by atoms with van der Waals surface area (Å²) < 4.78 is 0. The minimum atomic E-state index is 1.19. The second-order valence-corrected chi connectivity index (χ2v) is 4.38. The van der Waals surface area contributed by atoms with E-state index < -0.39 is 0 Å². The standard InChI is InChI=1S/C12H24S/c1-3-5-7-9-11-12(13)10-8-6-4-2/h3-11H2,1-2H3. The number of rotatable bonds is 9. The first-order valence-electron chi connectivity index (χ1n) is 5.83. The highest BCUT2D eigenvalue weighted by Gasteiger charge is 1.96. The molecule has 0 spiro atoms. The Kier molecular flexibility index (Phi) is 10.2. The Bertz CT molecular complexity index is 118. The molecule has 0 radical (unpaired) electrons. The van der Waals surface area contributed by atoms with Crippen LogP contribution in [0.3, 0.4) is 0 Å². The van der Waals surface area contributed by atoms with Crippen LogP contribution in [0, 0.1) is 0 Å². The molecule has 0 aliphatic carbocycles.